The molecule has 5 heteroatoms. The Labute approximate surface area is 129 Å². The van der Waals surface area contributed by atoms with Crippen LogP contribution in [0.2, 0.25) is 0 Å². The summed E-state index contributed by atoms with van der Waals surface area (Å²) in [4.78, 5) is 0.00315. The number of alkyl halides is 1. The Bertz CT molecular complexity index is 578. The fourth-order valence-electron chi connectivity index (χ4n) is 1.94. The average molecular weight is 390 g/mol. The van der Waals surface area contributed by atoms with Crippen molar-refractivity contribution < 1.29 is 13.9 Å². The molecule has 2 rings (SSSR count). The zero-order valence-electron chi connectivity index (χ0n) is 10.9. The lowest BCUT2D eigenvalue weighted by Crippen LogP contribution is -1.99. The Kier molecular flexibility index (Phi) is 4.58. The molecule has 1 heterocycles. The molecule has 0 radical (unpaired) electrons. The standard InChI is InChI=1S/C14H14Br2O3/c1-8-9(6-7-19-8)12(15)10-4-5-11(17-2)13(16)14(10)18-3/h4-7,12H,1-3H3. The van der Waals surface area contributed by atoms with Gasteiger partial charge in [0, 0.05) is 11.1 Å². The van der Waals surface area contributed by atoms with E-state index >= 15 is 0 Å². The highest BCUT2D eigenvalue weighted by Gasteiger charge is 2.22. The fraction of sp³-hybridized carbons (Fsp3) is 0.286. The van der Waals surface area contributed by atoms with Crippen LogP contribution in [0.15, 0.2) is 33.4 Å². The van der Waals surface area contributed by atoms with Crippen LogP contribution in [0, 0.1) is 6.92 Å². The van der Waals surface area contributed by atoms with Crippen LogP contribution in [0.4, 0.5) is 0 Å². The second-order valence-electron chi connectivity index (χ2n) is 4.00. The van der Waals surface area contributed by atoms with E-state index in [9.17, 15) is 0 Å². The lowest BCUT2D eigenvalue weighted by atomic mass is 10.0. The van der Waals surface area contributed by atoms with E-state index in [2.05, 4.69) is 31.9 Å². The SMILES string of the molecule is COc1ccc(C(Br)c2ccoc2C)c(OC)c1Br. The summed E-state index contributed by atoms with van der Waals surface area (Å²) in [6.07, 6.45) is 1.68. The summed E-state index contributed by atoms with van der Waals surface area (Å²) in [7, 11) is 3.27. The van der Waals surface area contributed by atoms with Gasteiger partial charge in [-0.1, -0.05) is 22.0 Å². The Morgan fingerprint density at radius 2 is 1.84 bits per heavy atom. The molecule has 0 aliphatic rings. The van der Waals surface area contributed by atoms with Gasteiger partial charge in [-0.05, 0) is 35.0 Å². The van der Waals surface area contributed by atoms with E-state index < -0.39 is 0 Å². The summed E-state index contributed by atoms with van der Waals surface area (Å²) in [6.45, 7) is 1.94. The topological polar surface area (TPSA) is 31.6 Å². The normalized spacial score (nSPS) is 12.3. The van der Waals surface area contributed by atoms with Crippen LogP contribution in [0.5, 0.6) is 11.5 Å². The van der Waals surface area contributed by atoms with Gasteiger partial charge in [0.2, 0.25) is 0 Å². The van der Waals surface area contributed by atoms with Crippen molar-refractivity contribution in [2.45, 2.75) is 11.8 Å². The number of hydrogen-bond donors (Lipinski definition) is 0. The van der Waals surface area contributed by atoms with Crippen LogP contribution in [0.25, 0.3) is 0 Å². The third kappa shape index (κ3) is 2.67. The first-order valence-corrected chi connectivity index (χ1v) is 7.39. The first-order chi connectivity index (χ1) is 9.10. The zero-order valence-corrected chi connectivity index (χ0v) is 14.0. The molecule has 0 amide bonds. The first-order valence-electron chi connectivity index (χ1n) is 5.68. The molecule has 0 aliphatic carbocycles. The summed E-state index contributed by atoms with van der Waals surface area (Å²) in [5.74, 6) is 2.38. The van der Waals surface area contributed by atoms with Crippen molar-refractivity contribution in [3.63, 3.8) is 0 Å². The number of aryl methyl sites for hydroxylation is 1. The molecule has 1 aromatic heterocycles. The second-order valence-corrected chi connectivity index (χ2v) is 5.71. The van der Waals surface area contributed by atoms with Crippen LogP contribution in [0.3, 0.4) is 0 Å². The third-order valence-corrected chi connectivity index (χ3v) is 4.70. The molecule has 0 saturated heterocycles. The van der Waals surface area contributed by atoms with Crippen LogP contribution in [0.1, 0.15) is 21.7 Å². The van der Waals surface area contributed by atoms with Crippen molar-refractivity contribution >= 4 is 31.9 Å². The zero-order chi connectivity index (χ0) is 14.0. The predicted octanol–water partition coefficient (Wildman–Crippen LogP) is 4.85. The van der Waals surface area contributed by atoms with Crippen molar-refractivity contribution in [1.82, 2.24) is 0 Å². The van der Waals surface area contributed by atoms with E-state index in [0.717, 1.165) is 32.9 Å². The van der Waals surface area contributed by atoms with Gasteiger partial charge in [0.05, 0.1) is 25.3 Å². The molecule has 0 aliphatic heterocycles. The molecule has 0 N–H and O–H groups in total. The number of furan rings is 1. The fourth-order valence-corrected chi connectivity index (χ4v) is 3.46. The van der Waals surface area contributed by atoms with E-state index in [1.807, 2.05) is 25.1 Å². The smallest absolute Gasteiger partial charge is 0.141 e. The summed E-state index contributed by atoms with van der Waals surface area (Å²) in [6, 6.07) is 5.84. The van der Waals surface area contributed by atoms with Gasteiger partial charge in [0.15, 0.2) is 0 Å². The molecule has 0 saturated carbocycles. The maximum Gasteiger partial charge on any atom is 0.141 e. The number of rotatable bonds is 4. The number of hydrogen-bond acceptors (Lipinski definition) is 3. The van der Waals surface area contributed by atoms with Gasteiger partial charge in [-0.2, -0.15) is 0 Å². The van der Waals surface area contributed by atoms with Crippen LogP contribution in [-0.2, 0) is 0 Å². The molecule has 0 bridgehead atoms. The van der Waals surface area contributed by atoms with Gasteiger partial charge in [0.1, 0.15) is 21.7 Å². The molecule has 3 nitrogen and oxygen atoms in total. The molecule has 2 aromatic rings. The highest BCUT2D eigenvalue weighted by atomic mass is 79.9. The number of benzene rings is 1. The molecule has 102 valence electrons. The minimum Gasteiger partial charge on any atom is -0.495 e. The molecule has 1 aromatic carbocycles. The van der Waals surface area contributed by atoms with Gasteiger partial charge in [0.25, 0.3) is 0 Å². The maximum absolute atomic E-state index is 5.49. The largest absolute Gasteiger partial charge is 0.495 e. The minimum absolute atomic E-state index is 0.00315. The monoisotopic (exact) mass is 388 g/mol. The van der Waals surface area contributed by atoms with Gasteiger partial charge >= 0.3 is 0 Å². The highest BCUT2D eigenvalue weighted by Crippen LogP contribution is 2.44. The number of ether oxygens (including phenoxy) is 2. The van der Waals surface area contributed by atoms with Crippen molar-refractivity contribution in [3.8, 4) is 11.5 Å². The maximum atomic E-state index is 5.49. The average Bonchev–Trinajstić information content (AvgIpc) is 2.83. The highest BCUT2D eigenvalue weighted by molar-refractivity contribution is 9.10. The molecule has 0 fully saturated rings. The molecular formula is C14H14Br2O3. The summed E-state index contributed by atoms with van der Waals surface area (Å²) in [5.41, 5.74) is 2.09. The van der Waals surface area contributed by atoms with Gasteiger partial charge in [-0.15, -0.1) is 0 Å². The van der Waals surface area contributed by atoms with Gasteiger partial charge < -0.3 is 13.9 Å². The van der Waals surface area contributed by atoms with Crippen LogP contribution in [-0.4, -0.2) is 14.2 Å². The van der Waals surface area contributed by atoms with Gasteiger partial charge in [-0.3, -0.25) is 0 Å². The summed E-state index contributed by atoms with van der Waals surface area (Å²) in [5, 5.41) is 0. The summed E-state index contributed by atoms with van der Waals surface area (Å²) >= 11 is 7.20. The van der Waals surface area contributed by atoms with Crippen LogP contribution >= 0.6 is 31.9 Å². The van der Waals surface area contributed by atoms with Gasteiger partial charge in [-0.25, -0.2) is 0 Å². The third-order valence-electron chi connectivity index (χ3n) is 2.96. The second kappa shape index (κ2) is 6.01. The first kappa shape index (κ1) is 14.5. The quantitative estimate of drug-likeness (QED) is 0.700. The van der Waals surface area contributed by atoms with E-state index in [1.54, 1.807) is 20.5 Å². The Balaban J connectivity index is 2.51. The van der Waals surface area contributed by atoms with E-state index in [0.29, 0.717) is 0 Å². The molecule has 1 atom stereocenters. The Hall–Kier alpha value is -0.940. The number of methoxy groups -OCH3 is 2. The van der Waals surface area contributed by atoms with Crippen molar-refractivity contribution in [3.05, 3.63) is 45.8 Å². The van der Waals surface area contributed by atoms with Crippen LogP contribution < -0.4 is 9.47 Å². The lowest BCUT2D eigenvalue weighted by Gasteiger charge is -2.17. The van der Waals surface area contributed by atoms with E-state index in [1.165, 1.54) is 0 Å². The van der Waals surface area contributed by atoms with Crippen molar-refractivity contribution in [1.29, 1.82) is 0 Å². The van der Waals surface area contributed by atoms with Crippen molar-refractivity contribution in [2.24, 2.45) is 0 Å². The molecule has 19 heavy (non-hydrogen) atoms. The number of halogens is 2. The molecule has 0 spiro atoms. The van der Waals surface area contributed by atoms with E-state index in [-0.39, 0.29) is 4.83 Å². The molecule has 1 unspecified atom stereocenters. The molecular weight excluding hydrogens is 376 g/mol. The lowest BCUT2D eigenvalue weighted by molar-refractivity contribution is 0.386. The predicted molar refractivity (Wildman–Crippen MR) is 81.5 cm³/mol. The van der Waals surface area contributed by atoms with Crippen molar-refractivity contribution in [2.75, 3.05) is 14.2 Å². The summed E-state index contributed by atoms with van der Waals surface area (Å²) < 4.78 is 16.9. The minimum atomic E-state index is 0.00315. The Morgan fingerprint density at radius 3 is 2.37 bits per heavy atom. The van der Waals surface area contributed by atoms with E-state index in [4.69, 9.17) is 13.9 Å². The Morgan fingerprint density at radius 1 is 1.11 bits per heavy atom.